The fourth-order valence-corrected chi connectivity index (χ4v) is 4.39. The summed E-state index contributed by atoms with van der Waals surface area (Å²) in [4.78, 5) is 42.2. The number of halogens is 1. The highest BCUT2D eigenvalue weighted by Gasteiger charge is 2.21. The predicted octanol–water partition coefficient (Wildman–Crippen LogP) is 3.67. The van der Waals surface area contributed by atoms with Crippen molar-refractivity contribution in [2.75, 3.05) is 12.4 Å². The first-order chi connectivity index (χ1) is 18.7. The Hall–Kier alpha value is -4.38. The van der Waals surface area contributed by atoms with Crippen LogP contribution in [0.1, 0.15) is 51.9 Å². The van der Waals surface area contributed by atoms with Crippen molar-refractivity contribution in [3.63, 3.8) is 0 Å². The molecule has 0 bridgehead atoms. The van der Waals surface area contributed by atoms with E-state index in [1.165, 1.54) is 13.2 Å². The maximum absolute atomic E-state index is 13.2. The van der Waals surface area contributed by atoms with Crippen LogP contribution in [0.4, 0.5) is 5.95 Å². The van der Waals surface area contributed by atoms with Crippen LogP contribution in [0.25, 0.3) is 11.0 Å². The maximum Gasteiger partial charge on any atom is 0.276 e. The van der Waals surface area contributed by atoms with Gasteiger partial charge in [-0.3, -0.25) is 24.4 Å². The Kier molecular flexibility index (Phi) is 8.50. The number of nitrogens with two attached hydrogens (primary N) is 1. The van der Waals surface area contributed by atoms with Gasteiger partial charge in [-0.05, 0) is 56.2 Å². The van der Waals surface area contributed by atoms with Crippen molar-refractivity contribution in [3.8, 4) is 5.75 Å². The third-order valence-corrected chi connectivity index (χ3v) is 6.41. The van der Waals surface area contributed by atoms with E-state index >= 15 is 0 Å². The van der Waals surface area contributed by atoms with E-state index in [4.69, 9.17) is 22.1 Å². The van der Waals surface area contributed by atoms with Crippen molar-refractivity contribution in [2.45, 2.75) is 46.3 Å². The van der Waals surface area contributed by atoms with Crippen molar-refractivity contribution in [2.24, 2.45) is 5.73 Å². The zero-order chi connectivity index (χ0) is 28.1. The number of nitrogens with zero attached hydrogens (tertiary/aromatic N) is 4. The van der Waals surface area contributed by atoms with E-state index in [-0.39, 0.29) is 29.7 Å². The second-order valence-electron chi connectivity index (χ2n) is 8.95. The number of fused-ring (bicyclic) bond motifs is 1. The number of carbonyl (C=O) groups excluding carboxylic acids is 3. The summed E-state index contributed by atoms with van der Waals surface area (Å²) in [6.07, 6.45) is 0.692. The topological polar surface area (TPSA) is 146 Å². The average Bonchev–Trinajstić information content (AvgIpc) is 3.47. The number of ether oxygens (including phenoxy) is 1. The van der Waals surface area contributed by atoms with Gasteiger partial charge in [0.2, 0.25) is 17.8 Å². The molecule has 0 saturated carbocycles. The molecule has 0 unspecified atom stereocenters. The van der Waals surface area contributed by atoms with Crippen LogP contribution in [0, 0.1) is 6.92 Å². The van der Waals surface area contributed by atoms with Crippen LogP contribution >= 0.6 is 11.6 Å². The van der Waals surface area contributed by atoms with E-state index in [0.29, 0.717) is 59.2 Å². The largest absolute Gasteiger partial charge is 0.494 e. The monoisotopic (exact) mass is 551 g/mol. The summed E-state index contributed by atoms with van der Waals surface area (Å²) < 4.78 is 8.91. The molecule has 0 atom stereocenters. The number of hydrogen-bond donors (Lipinski definition) is 3. The number of anilines is 1. The number of amides is 3. The van der Waals surface area contributed by atoms with Crippen LogP contribution < -0.4 is 21.1 Å². The zero-order valence-corrected chi connectivity index (χ0v) is 22.7. The summed E-state index contributed by atoms with van der Waals surface area (Å²) >= 11 is 5.92. The highest BCUT2D eigenvalue weighted by atomic mass is 35.5. The molecule has 2 aromatic heterocycles. The van der Waals surface area contributed by atoms with Gasteiger partial charge in [-0.15, -0.1) is 0 Å². The highest BCUT2D eigenvalue weighted by Crippen LogP contribution is 2.31. The first-order valence-electron chi connectivity index (χ1n) is 12.4. The number of rotatable bonds is 11. The van der Waals surface area contributed by atoms with Crippen molar-refractivity contribution in [3.05, 3.63) is 70.0 Å². The molecule has 2 aromatic carbocycles. The van der Waals surface area contributed by atoms with Crippen molar-refractivity contribution in [1.29, 1.82) is 0 Å². The third-order valence-electron chi connectivity index (χ3n) is 6.16. The van der Waals surface area contributed by atoms with Gasteiger partial charge in [0.05, 0.1) is 18.3 Å². The van der Waals surface area contributed by atoms with Gasteiger partial charge < -0.3 is 20.4 Å². The number of methoxy groups -OCH3 is 1. The second kappa shape index (κ2) is 12.0. The molecule has 0 aliphatic heterocycles. The summed E-state index contributed by atoms with van der Waals surface area (Å²) in [5, 5.41) is 10.7. The third kappa shape index (κ3) is 6.37. The van der Waals surface area contributed by atoms with Crippen LogP contribution in [0.5, 0.6) is 5.75 Å². The van der Waals surface area contributed by atoms with Crippen molar-refractivity contribution < 1.29 is 19.1 Å². The lowest BCUT2D eigenvalue weighted by Crippen LogP contribution is -2.23. The molecule has 0 aliphatic rings. The molecule has 11 nitrogen and oxygen atoms in total. The molecular weight excluding hydrogens is 522 g/mol. The number of benzene rings is 2. The Balaban J connectivity index is 1.57. The molecule has 39 heavy (non-hydrogen) atoms. The van der Waals surface area contributed by atoms with Crippen LogP contribution in [0.2, 0.25) is 5.02 Å². The van der Waals surface area contributed by atoms with Crippen molar-refractivity contribution >= 4 is 46.3 Å². The number of hydrogen-bond acceptors (Lipinski definition) is 6. The molecule has 2 heterocycles. The molecule has 4 rings (SSSR count). The zero-order valence-electron chi connectivity index (χ0n) is 22.0. The van der Waals surface area contributed by atoms with Gasteiger partial charge in [0.25, 0.3) is 5.91 Å². The van der Waals surface area contributed by atoms with Crippen LogP contribution in [-0.4, -0.2) is 44.2 Å². The Labute approximate surface area is 230 Å². The Morgan fingerprint density at radius 1 is 1.13 bits per heavy atom. The molecule has 0 saturated heterocycles. The smallest absolute Gasteiger partial charge is 0.276 e. The predicted molar refractivity (Wildman–Crippen MR) is 148 cm³/mol. The van der Waals surface area contributed by atoms with Gasteiger partial charge in [-0.25, -0.2) is 4.98 Å². The van der Waals surface area contributed by atoms with Gasteiger partial charge in [0.1, 0.15) is 17.0 Å². The lowest BCUT2D eigenvalue weighted by molar-refractivity contribution is -0.121. The molecule has 3 amide bonds. The second-order valence-corrected chi connectivity index (χ2v) is 9.38. The van der Waals surface area contributed by atoms with Crippen LogP contribution in [-0.2, 0) is 24.4 Å². The van der Waals surface area contributed by atoms with Gasteiger partial charge in [0, 0.05) is 36.6 Å². The summed E-state index contributed by atoms with van der Waals surface area (Å²) in [5.41, 5.74) is 8.76. The normalized spacial score (nSPS) is 11.0. The highest BCUT2D eigenvalue weighted by molar-refractivity contribution is 6.30. The van der Waals surface area contributed by atoms with E-state index in [1.807, 2.05) is 26.0 Å². The molecule has 0 spiro atoms. The minimum Gasteiger partial charge on any atom is -0.494 e. The first kappa shape index (κ1) is 27.6. The number of aryl methyl sites for hydroxylation is 3. The molecule has 204 valence electrons. The SMILES string of the molecule is CCn1nc(C)cc1C(=O)Nc1nc2cc(C(N)=O)cc(OC)c2n1CCCC(=O)NCc1ccc(Cl)cc1. The van der Waals surface area contributed by atoms with E-state index in [9.17, 15) is 14.4 Å². The van der Waals surface area contributed by atoms with E-state index < -0.39 is 5.91 Å². The summed E-state index contributed by atoms with van der Waals surface area (Å²) in [5.74, 6) is -0.516. The summed E-state index contributed by atoms with van der Waals surface area (Å²) in [7, 11) is 1.47. The lowest BCUT2D eigenvalue weighted by atomic mass is 10.1. The number of imidazole rings is 1. The molecule has 4 N–H and O–H groups in total. The molecular formula is C27H30ClN7O4. The van der Waals surface area contributed by atoms with E-state index in [2.05, 4.69) is 20.7 Å². The Bertz CT molecular complexity index is 1530. The van der Waals surface area contributed by atoms with Gasteiger partial charge in [-0.2, -0.15) is 5.10 Å². The summed E-state index contributed by atoms with van der Waals surface area (Å²) in [6.45, 7) is 4.96. The molecule has 0 aliphatic carbocycles. The standard InChI is InChI=1S/C27H30ClN7O4/c1-4-35-21(12-16(2)33-35)26(38)32-27-31-20-13-18(25(29)37)14-22(39-3)24(20)34(27)11-5-6-23(36)30-15-17-7-9-19(28)10-8-17/h7-10,12-14H,4-6,11,15H2,1-3H3,(H2,29,37)(H,30,36)(H,31,32,38). The van der Waals surface area contributed by atoms with Crippen LogP contribution in [0.15, 0.2) is 42.5 Å². The molecule has 4 aromatic rings. The number of primary amides is 1. The van der Waals surface area contributed by atoms with Gasteiger partial charge in [0.15, 0.2) is 0 Å². The minimum atomic E-state index is -0.630. The van der Waals surface area contributed by atoms with Crippen LogP contribution in [0.3, 0.4) is 0 Å². The fraction of sp³-hybridized carbons (Fsp3) is 0.296. The Morgan fingerprint density at radius 2 is 1.87 bits per heavy atom. The van der Waals surface area contributed by atoms with E-state index in [1.54, 1.807) is 33.5 Å². The van der Waals surface area contributed by atoms with Crippen molar-refractivity contribution in [1.82, 2.24) is 24.6 Å². The number of carbonyl (C=O) groups is 3. The average molecular weight is 552 g/mol. The molecule has 12 heteroatoms. The van der Waals surface area contributed by atoms with E-state index in [0.717, 1.165) is 5.56 Å². The maximum atomic E-state index is 13.2. The number of nitrogens with one attached hydrogen (secondary N) is 2. The Morgan fingerprint density at radius 3 is 2.54 bits per heavy atom. The molecule has 0 radical (unpaired) electrons. The lowest BCUT2D eigenvalue weighted by Gasteiger charge is -2.13. The quantitative estimate of drug-likeness (QED) is 0.259. The number of aromatic nitrogens is 4. The summed E-state index contributed by atoms with van der Waals surface area (Å²) in [6, 6.07) is 12.0. The van der Waals surface area contributed by atoms with Gasteiger partial charge in [-0.1, -0.05) is 23.7 Å². The first-order valence-corrected chi connectivity index (χ1v) is 12.8. The van der Waals surface area contributed by atoms with Gasteiger partial charge >= 0.3 is 0 Å². The molecule has 0 fully saturated rings. The minimum absolute atomic E-state index is 0.120. The fourth-order valence-electron chi connectivity index (χ4n) is 4.26.